The van der Waals surface area contributed by atoms with Crippen molar-refractivity contribution < 1.29 is 9.53 Å². The van der Waals surface area contributed by atoms with Crippen LogP contribution in [-0.4, -0.2) is 49.1 Å². The number of hydrogen-bond acceptors (Lipinski definition) is 3. The van der Waals surface area contributed by atoms with E-state index < -0.39 is 0 Å². The molecule has 1 aliphatic rings. The maximum atomic E-state index is 12.6. The SMILES string of the molecule is CN1CC[C@H](N(C)C(=O)Nc2ccccc2OCc2ccccc2)C1. The number of rotatable bonds is 5. The van der Waals surface area contributed by atoms with Crippen LogP contribution >= 0.6 is 0 Å². The molecule has 0 aromatic heterocycles. The molecule has 1 fully saturated rings. The summed E-state index contributed by atoms with van der Waals surface area (Å²) in [5.41, 5.74) is 1.79. The minimum Gasteiger partial charge on any atom is -0.487 e. The van der Waals surface area contributed by atoms with Gasteiger partial charge in [0.05, 0.1) is 5.69 Å². The Morgan fingerprint density at radius 1 is 1.20 bits per heavy atom. The zero-order valence-corrected chi connectivity index (χ0v) is 14.8. The van der Waals surface area contributed by atoms with Gasteiger partial charge in [0.15, 0.2) is 0 Å². The first-order valence-corrected chi connectivity index (χ1v) is 8.61. The van der Waals surface area contributed by atoms with Crippen molar-refractivity contribution in [3.8, 4) is 5.75 Å². The van der Waals surface area contributed by atoms with E-state index >= 15 is 0 Å². The lowest BCUT2D eigenvalue weighted by atomic mass is 10.2. The third-order valence-electron chi connectivity index (χ3n) is 4.60. The van der Waals surface area contributed by atoms with Crippen LogP contribution in [0.4, 0.5) is 10.5 Å². The molecule has 132 valence electrons. The number of carbonyl (C=O) groups excluding carboxylic acids is 1. The van der Waals surface area contributed by atoms with Crippen molar-refractivity contribution in [2.75, 3.05) is 32.5 Å². The molecule has 0 aliphatic carbocycles. The highest BCUT2D eigenvalue weighted by Gasteiger charge is 2.26. The van der Waals surface area contributed by atoms with E-state index in [0.717, 1.165) is 25.1 Å². The van der Waals surface area contributed by atoms with E-state index in [1.807, 2.05) is 61.6 Å². The van der Waals surface area contributed by atoms with Gasteiger partial charge in [-0.25, -0.2) is 4.79 Å². The number of likely N-dealkylation sites (tertiary alicyclic amines) is 1. The van der Waals surface area contributed by atoms with E-state index in [-0.39, 0.29) is 12.1 Å². The second kappa shape index (κ2) is 8.03. The van der Waals surface area contributed by atoms with Crippen molar-refractivity contribution in [3.63, 3.8) is 0 Å². The van der Waals surface area contributed by atoms with Gasteiger partial charge in [-0.2, -0.15) is 0 Å². The Kier molecular flexibility index (Phi) is 5.56. The molecule has 0 spiro atoms. The molecule has 1 heterocycles. The molecule has 25 heavy (non-hydrogen) atoms. The van der Waals surface area contributed by atoms with Gasteiger partial charge in [0.25, 0.3) is 0 Å². The van der Waals surface area contributed by atoms with Crippen LogP contribution in [0.3, 0.4) is 0 Å². The molecule has 2 aromatic rings. The van der Waals surface area contributed by atoms with Crippen LogP contribution < -0.4 is 10.1 Å². The Bertz CT molecular complexity index is 705. The van der Waals surface area contributed by atoms with Crippen LogP contribution in [0.5, 0.6) is 5.75 Å². The molecule has 2 amide bonds. The summed E-state index contributed by atoms with van der Waals surface area (Å²) in [6, 6.07) is 17.7. The van der Waals surface area contributed by atoms with Crippen LogP contribution in [0.1, 0.15) is 12.0 Å². The quantitative estimate of drug-likeness (QED) is 0.908. The minimum atomic E-state index is -0.101. The molecular formula is C20H25N3O2. The Balaban J connectivity index is 1.63. The average molecular weight is 339 g/mol. The van der Waals surface area contributed by atoms with Crippen LogP contribution in [0, 0.1) is 0 Å². The van der Waals surface area contributed by atoms with Crippen LogP contribution in [0.2, 0.25) is 0 Å². The second-order valence-corrected chi connectivity index (χ2v) is 6.52. The summed E-state index contributed by atoms with van der Waals surface area (Å²) in [7, 11) is 3.94. The highest BCUT2D eigenvalue weighted by Crippen LogP contribution is 2.25. The van der Waals surface area contributed by atoms with Crippen molar-refractivity contribution in [2.45, 2.75) is 19.1 Å². The first-order chi connectivity index (χ1) is 12.1. The number of nitrogens with one attached hydrogen (secondary N) is 1. The first-order valence-electron chi connectivity index (χ1n) is 8.61. The highest BCUT2D eigenvalue weighted by molar-refractivity contribution is 5.91. The second-order valence-electron chi connectivity index (χ2n) is 6.52. The Morgan fingerprint density at radius 3 is 2.64 bits per heavy atom. The molecule has 0 radical (unpaired) electrons. The molecule has 1 N–H and O–H groups in total. The first kappa shape index (κ1) is 17.3. The summed E-state index contributed by atoms with van der Waals surface area (Å²) in [5, 5.41) is 2.98. The van der Waals surface area contributed by atoms with Gasteiger partial charge in [0.1, 0.15) is 12.4 Å². The number of para-hydroxylation sites is 2. The van der Waals surface area contributed by atoms with E-state index in [1.165, 1.54) is 0 Å². The summed E-state index contributed by atoms with van der Waals surface area (Å²) in [6.45, 7) is 2.41. The molecular weight excluding hydrogens is 314 g/mol. The van der Waals surface area contributed by atoms with Crippen LogP contribution in [0.25, 0.3) is 0 Å². The molecule has 1 saturated heterocycles. The summed E-state index contributed by atoms with van der Waals surface area (Å²) in [4.78, 5) is 16.6. The van der Waals surface area contributed by atoms with E-state index in [4.69, 9.17) is 4.74 Å². The number of urea groups is 1. The van der Waals surface area contributed by atoms with Crippen molar-refractivity contribution in [2.24, 2.45) is 0 Å². The number of anilines is 1. The van der Waals surface area contributed by atoms with Crippen molar-refractivity contribution in [1.82, 2.24) is 9.80 Å². The van der Waals surface area contributed by atoms with Gasteiger partial charge in [0, 0.05) is 19.6 Å². The van der Waals surface area contributed by atoms with E-state index in [0.29, 0.717) is 18.0 Å². The third-order valence-corrected chi connectivity index (χ3v) is 4.60. The number of hydrogen-bond donors (Lipinski definition) is 1. The lowest BCUT2D eigenvalue weighted by Crippen LogP contribution is -2.41. The Labute approximate surface area is 149 Å². The fourth-order valence-corrected chi connectivity index (χ4v) is 3.03. The Morgan fingerprint density at radius 2 is 1.92 bits per heavy atom. The standard InChI is InChI=1S/C20H25N3O2/c1-22-13-12-17(14-22)23(2)20(24)21-18-10-6-7-11-19(18)25-15-16-8-4-3-5-9-16/h3-11,17H,12-15H2,1-2H3,(H,21,24)/t17-/m0/s1. The minimum absolute atomic E-state index is 0.101. The van der Waals surface area contributed by atoms with E-state index in [2.05, 4.69) is 17.3 Å². The molecule has 0 saturated carbocycles. The number of likely N-dealkylation sites (N-methyl/N-ethyl adjacent to an activating group) is 2. The Hall–Kier alpha value is -2.53. The summed E-state index contributed by atoms with van der Waals surface area (Å²) < 4.78 is 5.90. The maximum Gasteiger partial charge on any atom is 0.321 e. The summed E-state index contributed by atoms with van der Waals surface area (Å²) >= 11 is 0. The van der Waals surface area contributed by atoms with Gasteiger partial charge >= 0.3 is 6.03 Å². The molecule has 2 aromatic carbocycles. The lowest BCUT2D eigenvalue weighted by Gasteiger charge is -2.25. The van der Waals surface area contributed by atoms with Gasteiger partial charge in [-0.1, -0.05) is 42.5 Å². The van der Waals surface area contributed by atoms with E-state index in [1.54, 1.807) is 4.90 Å². The molecule has 0 unspecified atom stereocenters. The van der Waals surface area contributed by atoms with Gasteiger partial charge in [0.2, 0.25) is 0 Å². The lowest BCUT2D eigenvalue weighted by molar-refractivity contribution is 0.204. The van der Waals surface area contributed by atoms with Gasteiger partial charge in [-0.05, 0) is 37.7 Å². The predicted octanol–water partition coefficient (Wildman–Crippen LogP) is 3.43. The fraction of sp³-hybridized carbons (Fsp3) is 0.350. The number of benzene rings is 2. The normalized spacial score (nSPS) is 17.3. The largest absolute Gasteiger partial charge is 0.487 e. The highest BCUT2D eigenvalue weighted by atomic mass is 16.5. The zero-order chi connectivity index (χ0) is 17.6. The maximum absolute atomic E-state index is 12.6. The molecule has 3 rings (SSSR count). The molecule has 1 atom stereocenters. The molecule has 5 nitrogen and oxygen atoms in total. The van der Waals surface area contributed by atoms with Gasteiger partial charge in [-0.3, -0.25) is 0 Å². The molecule has 1 aliphatic heterocycles. The van der Waals surface area contributed by atoms with Gasteiger partial charge in [-0.15, -0.1) is 0 Å². The third kappa shape index (κ3) is 4.51. The summed E-state index contributed by atoms with van der Waals surface area (Å²) in [6.07, 6.45) is 1.01. The number of carbonyl (C=O) groups is 1. The summed E-state index contributed by atoms with van der Waals surface area (Å²) in [5.74, 6) is 0.677. The smallest absolute Gasteiger partial charge is 0.321 e. The van der Waals surface area contributed by atoms with Crippen molar-refractivity contribution >= 4 is 11.7 Å². The van der Waals surface area contributed by atoms with Crippen LogP contribution in [0.15, 0.2) is 54.6 Å². The zero-order valence-electron chi connectivity index (χ0n) is 14.8. The van der Waals surface area contributed by atoms with Crippen LogP contribution in [-0.2, 0) is 6.61 Å². The van der Waals surface area contributed by atoms with Crippen molar-refractivity contribution in [3.05, 3.63) is 60.2 Å². The topological polar surface area (TPSA) is 44.8 Å². The molecule has 5 heteroatoms. The predicted molar refractivity (Wildman–Crippen MR) is 99.9 cm³/mol. The number of amides is 2. The molecule has 0 bridgehead atoms. The van der Waals surface area contributed by atoms with Crippen molar-refractivity contribution in [1.29, 1.82) is 0 Å². The monoisotopic (exact) mass is 339 g/mol. The average Bonchev–Trinajstić information content (AvgIpc) is 3.07. The number of nitrogens with zero attached hydrogens (tertiary/aromatic N) is 2. The van der Waals surface area contributed by atoms with Gasteiger partial charge < -0.3 is 19.9 Å². The number of ether oxygens (including phenoxy) is 1. The van der Waals surface area contributed by atoms with E-state index in [9.17, 15) is 4.79 Å². The fourth-order valence-electron chi connectivity index (χ4n) is 3.03.